The van der Waals surface area contributed by atoms with Gasteiger partial charge in [-0.3, -0.25) is 14.9 Å². The van der Waals surface area contributed by atoms with Gasteiger partial charge in [0, 0.05) is 22.7 Å². The molecule has 1 aromatic rings. The van der Waals surface area contributed by atoms with Crippen LogP contribution in [-0.2, 0) is 14.9 Å². The number of esters is 1. The Balaban J connectivity index is 2.26. The minimum absolute atomic E-state index is 0.135. The van der Waals surface area contributed by atoms with Crippen LogP contribution < -0.4 is 0 Å². The molecule has 0 radical (unpaired) electrons. The summed E-state index contributed by atoms with van der Waals surface area (Å²) < 4.78 is 4.80. The van der Waals surface area contributed by atoms with Crippen LogP contribution >= 0.6 is 0 Å². The van der Waals surface area contributed by atoms with Crippen molar-refractivity contribution in [3.63, 3.8) is 0 Å². The quantitative estimate of drug-likeness (QED) is 0.440. The summed E-state index contributed by atoms with van der Waals surface area (Å²) in [6.45, 7) is 1.93. The molecule has 0 heterocycles. The lowest BCUT2D eigenvalue weighted by atomic mass is 9.69. The summed E-state index contributed by atoms with van der Waals surface area (Å²) in [4.78, 5) is 23.1. The molecular weight excluding hydrogens is 282 g/mol. The molecule has 5 heteroatoms. The number of carbonyl (C=O) groups excluding carboxylic acids is 1. The van der Waals surface area contributed by atoms with Crippen molar-refractivity contribution in [2.45, 2.75) is 50.5 Å². The monoisotopic (exact) mass is 305 g/mol. The molecule has 0 bridgehead atoms. The number of nitrogens with zero attached hydrogens (tertiary/aromatic N) is 1. The van der Waals surface area contributed by atoms with E-state index in [9.17, 15) is 14.9 Å². The highest BCUT2D eigenvalue weighted by Crippen LogP contribution is 2.40. The van der Waals surface area contributed by atoms with Crippen molar-refractivity contribution in [3.8, 4) is 0 Å². The number of methoxy groups -OCH3 is 1. The highest BCUT2D eigenvalue weighted by Gasteiger charge is 2.43. The lowest BCUT2D eigenvalue weighted by Gasteiger charge is -2.35. The molecule has 22 heavy (non-hydrogen) atoms. The summed E-state index contributed by atoms with van der Waals surface area (Å²) in [5.41, 5.74) is 0.369. The first-order valence-electron chi connectivity index (χ1n) is 7.72. The average Bonchev–Trinajstić information content (AvgIpc) is 2.45. The maximum absolute atomic E-state index is 11.8. The number of hydrogen-bond donors (Lipinski definition) is 0. The number of benzene rings is 1. The van der Waals surface area contributed by atoms with Crippen LogP contribution in [0.25, 0.3) is 0 Å². The standard InChI is InChI=1S/C17H23NO4/c1-17(12-16(19)22-2,14-9-4-3-5-10-14)11-15(18(20)21)13-7-6-8-13/h3-5,9-10,13,15H,6-8,11-12H2,1-2H3. The van der Waals surface area contributed by atoms with E-state index in [4.69, 9.17) is 4.74 Å². The van der Waals surface area contributed by atoms with Crippen molar-refractivity contribution < 1.29 is 14.5 Å². The van der Waals surface area contributed by atoms with Crippen LogP contribution in [0.2, 0.25) is 0 Å². The fourth-order valence-electron chi connectivity index (χ4n) is 3.22. The van der Waals surface area contributed by atoms with Crippen molar-refractivity contribution in [1.29, 1.82) is 0 Å². The number of nitro groups is 1. The third-order valence-corrected chi connectivity index (χ3v) is 4.86. The molecule has 1 aromatic carbocycles. The van der Waals surface area contributed by atoms with Gasteiger partial charge >= 0.3 is 5.97 Å². The molecule has 0 spiro atoms. The van der Waals surface area contributed by atoms with E-state index in [2.05, 4.69) is 0 Å². The van der Waals surface area contributed by atoms with Gasteiger partial charge in [0.2, 0.25) is 6.04 Å². The minimum Gasteiger partial charge on any atom is -0.469 e. The summed E-state index contributed by atoms with van der Waals surface area (Å²) in [6.07, 6.45) is 3.41. The van der Waals surface area contributed by atoms with Gasteiger partial charge in [-0.05, 0) is 18.4 Å². The Morgan fingerprint density at radius 1 is 1.41 bits per heavy atom. The van der Waals surface area contributed by atoms with Crippen LogP contribution in [0.5, 0.6) is 0 Å². The van der Waals surface area contributed by atoms with Crippen molar-refractivity contribution in [2.75, 3.05) is 7.11 Å². The van der Waals surface area contributed by atoms with Gasteiger partial charge in [0.1, 0.15) is 0 Å². The fourth-order valence-corrected chi connectivity index (χ4v) is 3.22. The third-order valence-electron chi connectivity index (χ3n) is 4.86. The Hall–Kier alpha value is -1.91. The molecule has 0 aromatic heterocycles. The summed E-state index contributed by atoms with van der Waals surface area (Å²) in [7, 11) is 1.35. The lowest BCUT2D eigenvalue weighted by molar-refractivity contribution is -0.538. The van der Waals surface area contributed by atoms with E-state index in [0.29, 0.717) is 6.42 Å². The van der Waals surface area contributed by atoms with Crippen molar-refractivity contribution in [1.82, 2.24) is 0 Å². The molecule has 1 aliphatic rings. The van der Waals surface area contributed by atoms with E-state index in [1.54, 1.807) is 0 Å². The number of rotatable bonds is 7. The maximum atomic E-state index is 11.8. The highest BCUT2D eigenvalue weighted by molar-refractivity contribution is 5.71. The second kappa shape index (κ2) is 6.90. The van der Waals surface area contributed by atoms with E-state index >= 15 is 0 Å². The lowest BCUT2D eigenvalue weighted by Crippen LogP contribution is -2.40. The predicted molar refractivity (Wildman–Crippen MR) is 83.2 cm³/mol. The maximum Gasteiger partial charge on any atom is 0.306 e. The summed E-state index contributed by atoms with van der Waals surface area (Å²) in [6, 6.07) is 8.97. The van der Waals surface area contributed by atoms with Gasteiger partial charge in [-0.15, -0.1) is 0 Å². The summed E-state index contributed by atoms with van der Waals surface area (Å²) in [5.74, 6) is -0.197. The van der Waals surface area contributed by atoms with Crippen LogP contribution in [0.3, 0.4) is 0 Å². The smallest absolute Gasteiger partial charge is 0.306 e. The SMILES string of the molecule is COC(=O)CC(C)(CC(C1CCC1)[N+](=O)[O-])c1ccccc1. The predicted octanol–water partition coefficient (Wildman–Crippen LogP) is 3.34. The average molecular weight is 305 g/mol. The van der Waals surface area contributed by atoms with E-state index in [0.717, 1.165) is 24.8 Å². The Kier molecular flexibility index (Phi) is 5.16. The number of ether oxygens (including phenoxy) is 1. The van der Waals surface area contributed by atoms with Crippen LogP contribution in [-0.4, -0.2) is 24.0 Å². The third kappa shape index (κ3) is 3.64. The van der Waals surface area contributed by atoms with Gasteiger partial charge < -0.3 is 4.74 Å². The highest BCUT2D eigenvalue weighted by atomic mass is 16.6. The largest absolute Gasteiger partial charge is 0.469 e. The van der Waals surface area contributed by atoms with E-state index in [-0.39, 0.29) is 23.2 Å². The Morgan fingerprint density at radius 2 is 2.05 bits per heavy atom. The Bertz CT molecular complexity index is 527. The van der Waals surface area contributed by atoms with Crippen molar-refractivity contribution in [3.05, 3.63) is 46.0 Å². The number of hydrogen-bond acceptors (Lipinski definition) is 4. The molecule has 5 nitrogen and oxygen atoms in total. The molecule has 1 saturated carbocycles. The molecule has 2 atom stereocenters. The molecule has 0 N–H and O–H groups in total. The topological polar surface area (TPSA) is 69.4 Å². The van der Waals surface area contributed by atoms with Crippen molar-refractivity contribution in [2.24, 2.45) is 5.92 Å². The Morgan fingerprint density at radius 3 is 2.50 bits per heavy atom. The molecule has 0 saturated heterocycles. The van der Waals surface area contributed by atoms with E-state index < -0.39 is 11.5 Å². The summed E-state index contributed by atoms with van der Waals surface area (Å²) >= 11 is 0. The van der Waals surface area contributed by atoms with Crippen LogP contribution in [0.15, 0.2) is 30.3 Å². The molecule has 120 valence electrons. The normalized spacial score (nSPS) is 18.8. The van der Waals surface area contributed by atoms with Crippen LogP contribution in [0, 0.1) is 16.0 Å². The first kappa shape index (κ1) is 16.5. The first-order chi connectivity index (χ1) is 10.5. The van der Waals surface area contributed by atoms with Gasteiger partial charge in [0.15, 0.2) is 0 Å². The van der Waals surface area contributed by atoms with Crippen LogP contribution in [0.1, 0.15) is 44.6 Å². The zero-order valence-electron chi connectivity index (χ0n) is 13.2. The van der Waals surface area contributed by atoms with Crippen LogP contribution in [0.4, 0.5) is 0 Å². The molecule has 1 aliphatic carbocycles. The molecule has 2 rings (SSSR count). The zero-order valence-corrected chi connectivity index (χ0v) is 13.2. The van der Waals surface area contributed by atoms with Gasteiger partial charge in [0.05, 0.1) is 13.5 Å². The Labute approximate surface area is 130 Å². The summed E-state index contributed by atoms with van der Waals surface area (Å²) in [5, 5.41) is 11.5. The molecule has 0 amide bonds. The first-order valence-corrected chi connectivity index (χ1v) is 7.72. The fraction of sp³-hybridized carbons (Fsp3) is 0.588. The van der Waals surface area contributed by atoms with Gasteiger partial charge in [0.25, 0.3) is 0 Å². The molecular formula is C17H23NO4. The molecule has 0 aliphatic heterocycles. The zero-order chi connectivity index (χ0) is 16.2. The second-order valence-electron chi connectivity index (χ2n) is 6.43. The van der Waals surface area contributed by atoms with Gasteiger partial charge in [-0.25, -0.2) is 0 Å². The van der Waals surface area contributed by atoms with Gasteiger partial charge in [-0.1, -0.05) is 43.7 Å². The van der Waals surface area contributed by atoms with Crippen molar-refractivity contribution >= 4 is 5.97 Å². The molecule has 1 fully saturated rings. The second-order valence-corrected chi connectivity index (χ2v) is 6.43. The van der Waals surface area contributed by atoms with Gasteiger partial charge in [-0.2, -0.15) is 0 Å². The van der Waals surface area contributed by atoms with E-state index in [1.807, 2.05) is 37.3 Å². The minimum atomic E-state index is -0.594. The molecule has 2 unspecified atom stereocenters. The van der Waals surface area contributed by atoms with E-state index in [1.165, 1.54) is 7.11 Å². The number of carbonyl (C=O) groups is 1.